The summed E-state index contributed by atoms with van der Waals surface area (Å²) in [6.07, 6.45) is 0. The quantitative estimate of drug-likeness (QED) is 0.697. The second-order valence-corrected chi connectivity index (χ2v) is 4.95. The van der Waals surface area contributed by atoms with Gasteiger partial charge in [0.25, 0.3) is 0 Å². The van der Waals surface area contributed by atoms with E-state index in [1.807, 2.05) is 37.3 Å². The lowest BCUT2D eigenvalue weighted by atomic mass is 10.1. The Morgan fingerprint density at radius 1 is 1.00 bits per heavy atom. The van der Waals surface area contributed by atoms with Gasteiger partial charge >= 0.3 is 0 Å². The number of aryl methyl sites for hydroxylation is 2. The van der Waals surface area contributed by atoms with Gasteiger partial charge in [-0.2, -0.15) is 5.10 Å². The van der Waals surface area contributed by atoms with Gasteiger partial charge in [0.15, 0.2) is 11.6 Å². The van der Waals surface area contributed by atoms with E-state index < -0.39 is 0 Å². The second-order valence-electron chi connectivity index (χ2n) is 4.95. The van der Waals surface area contributed by atoms with Crippen LogP contribution in [-0.4, -0.2) is 15.2 Å². The summed E-state index contributed by atoms with van der Waals surface area (Å²) in [6.45, 7) is 4.04. The zero-order chi connectivity index (χ0) is 14.1. The van der Waals surface area contributed by atoms with E-state index in [4.69, 9.17) is 5.73 Å². The highest BCUT2D eigenvalue weighted by Crippen LogP contribution is 2.23. The van der Waals surface area contributed by atoms with Crippen molar-refractivity contribution < 1.29 is 0 Å². The topological polar surface area (TPSA) is 67.6 Å². The average molecular weight is 264 g/mol. The molecule has 3 N–H and O–H groups in total. The van der Waals surface area contributed by atoms with Crippen LogP contribution in [0.5, 0.6) is 0 Å². The first kappa shape index (κ1) is 12.4. The number of aromatic amines is 1. The fourth-order valence-corrected chi connectivity index (χ4v) is 2.09. The molecule has 0 atom stereocenters. The largest absolute Gasteiger partial charge is 0.398 e. The summed E-state index contributed by atoms with van der Waals surface area (Å²) < 4.78 is 0. The van der Waals surface area contributed by atoms with Gasteiger partial charge in [-0.25, -0.2) is 4.98 Å². The van der Waals surface area contributed by atoms with Crippen LogP contribution in [0.3, 0.4) is 0 Å². The molecule has 0 saturated carbocycles. The van der Waals surface area contributed by atoms with Gasteiger partial charge in [0.05, 0.1) is 0 Å². The fourth-order valence-electron chi connectivity index (χ4n) is 2.09. The summed E-state index contributed by atoms with van der Waals surface area (Å²) in [5.41, 5.74) is 10.9. The Morgan fingerprint density at radius 3 is 2.60 bits per heavy atom. The number of nitrogen functional groups attached to an aromatic ring is 1. The highest BCUT2D eigenvalue weighted by molar-refractivity contribution is 5.66. The minimum Gasteiger partial charge on any atom is -0.398 e. The minimum absolute atomic E-state index is 0.697. The van der Waals surface area contributed by atoms with Crippen LogP contribution in [0.25, 0.3) is 22.8 Å². The van der Waals surface area contributed by atoms with E-state index in [1.54, 1.807) is 0 Å². The summed E-state index contributed by atoms with van der Waals surface area (Å²) in [7, 11) is 0. The van der Waals surface area contributed by atoms with E-state index in [1.165, 1.54) is 5.56 Å². The van der Waals surface area contributed by atoms with E-state index in [9.17, 15) is 0 Å². The lowest BCUT2D eigenvalue weighted by molar-refractivity contribution is 1.10. The van der Waals surface area contributed by atoms with Crippen LogP contribution >= 0.6 is 0 Å². The molecule has 0 amide bonds. The van der Waals surface area contributed by atoms with Crippen LogP contribution in [0, 0.1) is 13.8 Å². The van der Waals surface area contributed by atoms with Crippen molar-refractivity contribution in [3.05, 3.63) is 53.6 Å². The maximum Gasteiger partial charge on any atom is 0.181 e. The molecule has 0 aliphatic carbocycles. The predicted molar refractivity (Wildman–Crippen MR) is 81.1 cm³/mol. The van der Waals surface area contributed by atoms with Crippen LogP contribution in [0.15, 0.2) is 42.5 Å². The highest BCUT2D eigenvalue weighted by Gasteiger charge is 2.08. The van der Waals surface area contributed by atoms with Crippen LogP contribution in [0.4, 0.5) is 5.69 Å². The molecule has 0 fully saturated rings. The molecule has 20 heavy (non-hydrogen) atoms. The van der Waals surface area contributed by atoms with Crippen molar-refractivity contribution in [2.45, 2.75) is 13.8 Å². The number of H-pyrrole nitrogens is 1. The number of nitrogens with zero attached hydrogens (tertiary/aromatic N) is 2. The van der Waals surface area contributed by atoms with Crippen molar-refractivity contribution in [3.63, 3.8) is 0 Å². The molecule has 4 nitrogen and oxygen atoms in total. The number of nitrogens with one attached hydrogen (secondary N) is 1. The van der Waals surface area contributed by atoms with Gasteiger partial charge in [-0.15, -0.1) is 0 Å². The van der Waals surface area contributed by atoms with E-state index in [2.05, 4.69) is 34.2 Å². The first-order valence-corrected chi connectivity index (χ1v) is 6.49. The third kappa shape index (κ3) is 2.28. The zero-order valence-corrected chi connectivity index (χ0v) is 11.5. The normalized spacial score (nSPS) is 10.7. The smallest absolute Gasteiger partial charge is 0.181 e. The predicted octanol–water partition coefficient (Wildman–Crippen LogP) is 3.34. The molecule has 0 bridgehead atoms. The molecule has 4 heteroatoms. The molecule has 0 unspecified atom stereocenters. The highest BCUT2D eigenvalue weighted by atomic mass is 15.2. The lowest BCUT2D eigenvalue weighted by Gasteiger charge is -2.01. The summed E-state index contributed by atoms with van der Waals surface area (Å²) in [5, 5.41) is 7.25. The number of benzene rings is 2. The Kier molecular flexibility index (Phi) is 2.99. The molecule has 0 spiro atoms. The fraction of sp³-hybridized carbons (Fsp3) is 0.125. The minimum atomic E-state index is 0.697. The number of hydrogen-bond acceptors (Lipinski definition) is 3. The van der Waals surface area contributed by atoms with Crippen LogP contribution in [0.1, 0.15) is 11.1 Å². The van der Waals surface area contributed by atoms with Crippen LogP contribution in [-0.2, 0) is 0 Å². The van der Waals surface area contributed by atoms with E-state index in [0.717, 1.165) is 28.2 Å². The number of anilines is 1. The molecule has 0 aliphatic rings. The van der Waals surface area contributed by atoms with Crippen molar-refractivity contribution in [2.24, 2.45) is 0 Å². The van der Waals surface area contributed by atoms with Crippen molar-refractivity contribution in [3.8, 4) is 22.8 Å². The van der Waals surface area contributed by atoms with E-state index in [-0.39, 0.29) is 0 Å². The summed E-state index contributed by atoms with van der Waals surface area (Å²) in [4.78, 5) is 4.54. The van der Waals surface area contributed by atoms with Gasteiger partial charge in [0, 0.05) is 16.8 Å². The first-order valence-electron chi connectivity index (χ1n) is 6.49. The lowest BCUT2D eigenvalue weighted by Crippen LogP contribution is -1.90. The molecular formula is C16H16N4. The number of aromatic nitrogens is 3. The van der Waals surface area contributed by atoms with Gasteiger partial charge in [-0.1, -0.05) is 35.9 Å². The van der Waals surface area contributed by atoms with Gasteiger partial charge in [-0.05, 0) is 31.5 Å². The van der Waals surface area contributed by atoms with Crippen molar-refractivity contribution >= 4 is 5.69 Å². The molecular weight excluding hydrogens is 248 g/mol. The number of rotatable bonds is 2. The summed E-state index contributed by atoms with van der Waals surface area (Å²) in [5.74, 6) is 1.43. The average Bonchev–Trinajstić information content (AvgIpc) is 2.92. The molecule has 0 aliphatic heterocycles. The Hall–Kier alpha value is -2.62. The molecule has 0 radical (unpaired) electrons. The number of nitrogens with two attached hydrogens (primary N) is 1. The molecule has 1 aromatic heterocycles. The molecule has 1 heterocycles. The third-order valence-electron chi connectivity index (χ3n) is 3.31. The molecule has 3 aromatic rings. The second kappa shape index (κ2) is 4.81. The Bertz CT molecular complexity index is 759. The van der Waals surface area contributed by atoms with Crippen molar-refractivity contribution in [1.82, 2.24) is 15.2 Å². The molecule has 0 saturated heterocycles. The Balaban J connectivity index is 1.99. The van der Waals surface area contributed by atoms with Gasteiger partial charge in [-0.3, -0.25) is 5.10 Å². The molecule has 100 valence electrons. The molecule has 3 rings (SSSR count). The zero-order valence-electron chi connectivity index (χ0n) is 11.5. The van der Waals surface area contributed by atoms with Gasteiger partial charge < -0.3 is 5.73 Å². The van der Waals surface area contributed by atoms with Crippen LogP contribution < -0.4 is 5.73 Å². The van der Waals surface area contributed by atoms with E-state index >= 15 is 0 Å². The van der Waals surface area contributed by atoms with Crippen LogP contribution in [0.2, 0.25) is 0 Å². The van der Waals surface area contributed by atoms with Crippen molar-refractivity contribution in [2.75, 3.05) is 5.73 Å². The van der Waals surface area contributed by atoms with Gasteiger partial charge in [0.1, 0.15) is 0 Å². The standard InChI is InChI=1S/C16H16N4/c1-10-4-3-5-12(8-10)15-18-16(20-19-15)13-7-6-11(2)14(17)9-13/h3-9H,17H2,1-2H3,(H,18,19,20). The Morgan fingerprint density at radius 2 is 1.85 bits per heavy atom. The maximum absolute atomic E-state index is 5.93. The SMILES string of the molecule is Cc1cccc(-c2n[nH]c(-c3ccc(C)c(N)c3)n2)c1. The van der Waals surface area contributed by atoms with Crippen molar-refractivity contribution in [1.29, 1.82) is 0 Å². The van der Waals surface area contributed by atoms with Gasteiger partial charge in [0.2, 0.25) is 0 Å². The van der Waals surface area contributed by atoms with E-state index in [0.29, 0.717) is 5.82 Å². The monoisotopic (exact) mass is 264 g/mol. The first-order chi connectivity index (χ1) is 9.63. The summed E-state index contributed by atoms with van der Waals surface area (Å²) in [6, 6.07) is 14.0. The summed E-state index contributed by atoms with van der Waals surface area (Å²) >= 11 is 0. The number of hydrogen-bond donors (Lipinski definition) is 2. The maximum atomic E-state index is 5.93. The molecule has 2 aromatic carbocycles. The third-order valence-corrected chi connectivity index (χ3v) is 3.31. The Labute approximate surface area is 117 Å².